The summed E-state index contributed by atoms with van der Waals surface area (Å²) in [6, 6.07) is 8.36. The van der Waals surface area contributed by atoms with Crippen molar-refractivity contribution in [2.24, 2.45) is 17.7 Å². The Balaban J connectivity index is 2.12. The highest BCUT2D eigenvalue weighted by Crippen LogP contribution is 2.35. The van der Waals surface area contributed by atoms with Gasteiger partial charge in [0, 0.05) is 12.0 Å². The van der Waals surface area contributed by atoms with E-state index < -0.39 is 0 Å². The average molecular weight is 278 g/mol. The second kappa shape index (κ2) is 6.57. The summed E-state index contributed by atoms with van der Waals surface area (Å²) in [6.07, 6.45) is 1.39. The van der Waals surface area contributed by atoms with Crippen molar-refractivity contribution in [1.29, 1.82) is 0 Å². The van der Waals surface area contributed by atoms with Crippen LogP contribution in [0, 0.1) is 11.8 Å². The van der Waals surface area contributed by atoms with E-state index in [1.54, 1.807) is 7.11 Å². The second-order valence-corrected chi connectivity index (χ2v) is 5.81. The van der Waals surface area contributed by atoms with Crippen LogP contribution in [0.25, 0.3) is 0 Å². The summed E-state index contributed by atoms with van der Waals surface area (Å²) < 4.78 is 11.2. The van der Waals surface area contributed by atoms with Gasteiger partial charge < -0.3 is 9.47 Å². The lowest BCUT2D eigenvalue weighted by Crippen LogP contribution is -2.46. The Labute approximate surface area is 121 Å². The first kappa shape index (κ1) is 15.3. The third kappa shape index (κ3) is 3.14. The van der Waals surface area contributed by atoms with E-state index in [2.05, 4.69) is 38.3 Å². The number of hydrogen-bond acceptors (Lipinski definition) is 4. The van der Waals surface area contributed by atoms with Crippen molar-refractivity contribution in [3.05, 3.63) is 29.8 Å². The fourth-order valence-electron chi connectivity index (χ4n) is 3.35. The van der Waals surface area contributed by atoms with Gasteiger partial charge in [-0.15, -0.1) is 0 Å². The smallest absolute Gasteiger partial charge is 0.119 e. The fourth-order valence-corrected chi connectivity index (χ4v) is 3.35. The third-order valence-electron chi connectivity index (χ3n) is 4.59. The van der Waals surface area contributed by atoms with Crippen molar-refractivity contribution in [3.8, 4) is 5.75 Å². The molecule has 112 valence electrons. The van der Waals surface area contributed by atoms with Crippen LogP contribution in [0.1, 0.15) is 26.3 Å². The molecule has 1 aromatic rings. The fraction of sp³-hybridized carbons (Fsp3) is 0.625. The molecule has 0 radical (unpaired) electrons. The van der Waals surface area contributed by atoms with Crippen LogP contribution in [-0.2, 0) is 11.2 Å². The first-order valence-electron chi connectivity index (χ1n) is 7.31. The molecule has 3 N–H and O–H groups in total. The van der Waals surface area contributed by atoms with Crippen LogP contribution in [0.5, 0.6) is 5.75 Å². The lowest BCUT2D eigenvalue weighted by molar-refractivity contribution is 0.0476. The van der Waals surface area contributed by atoms with Gasteiger partial charge in [0.25, 0.3) is 0 Å². The number of nitrogens with two attached hydrogens (primary N) is 1. The summed E-state index contributed by atoms with van der Waals surface area (Å²) in [5, 5.41) is 0. The van der Waals surface area contributed by atoms with Crippen LogP contribution in [0.3, 0.4) is 0 Å². The van der Waals surface area contributed by atoms with Crippen LogP contribution < -0.4 is 16.0 Å². The predicted molar refractivity (Wildman–Crippen MR) is 80.5 cm³/mol. The monoisotopic (exact) mass is 278 g/mol. The first-order valence-corrected chi connectivity index (χ1v) is 7.31. The molecular weight excluding hydrogens is 252 g/mol. The molecule has 1 aliphatic rings. The quantitative estimate of drug-likeness (QED) is 0.640. The van der Waals surface area contributed by atoms with Crippen LogP contribution >= 0.6 is 0 Å². The minimum atomic E-state index is 0.206. The van der Waals surface area contributed by atoms with Crippen LogP contribution in [-0.4, -0.2) is 25.4 Å². The molecule has 1 heterocycles. The average Bonchev–Trinajstić information content (AvgIpc) is 2.70. The van der Waals surface area contributed by atoms with E-state index in [1.807, 2.05) is 12.1 Å². The number of methoxy groups -OCH3 is 1. The van der Waals surface area contributed by atoms with Gasteiger partial charge in [-0.3, -0.25) is 11.3 Å². The molecule has 0 spiro atoms. The van der Waals surface area contributed by atoms with Gasteiger partial charge in [-0.1, -0.05) is 19.1 Å². The minimum Gasteiger partial charge on any atom is -0.497 e. The Morgan fingerprint density at radius 2 is 2.05 bits per heavy atom. The third-order valence-corrected chi connectivity index (χ3v) is 4.59. The maximum absolute atomic E-state index is 5.93. The molecule has 20 heavy (non-hydrogen) atoms. The van der Waals surface area contributed by atoms with Crippen molar-refractivity contribution in [2.45, 2.75) is 45.4 Å². The normalized spacial score (nSPS) is 31.2. The van der Waals surface area contributed by atoms with E-state index in [0.717, 1.165) is 12.2 Å². The Kier molecular flexibility index (Phi) is 5.02. The zero-order valence-corrected chi connectivity index (χ0v) is 12.8. The molecule has 4 heteroatoms. The molecule has 0 aliphatic carbocycles. The van der Waals surface area contributed by atoms with Gasteiger partial charge in [-0.2, -0.15) is 0 Å². The first-order chi connectivity index (χ1) is 9.56. The van der Waals surface area contributed by atoms with Crippen molar-refractivity contribution >= 4 is 0 Å². The van der Waals surface area contributed by atoms with Crippen LogP contribution in [0.2, 0.25) is 0 Å². The number of rotatable bonds is 5. The Morgan fingerprint density at radius 1 is 1.30 bits per heavy atom. The van der Waals surface area contributed by atoms with Gasteiger partial charge in [0.1, 0.15) is 5.75 Å². The minimum absolute atomic E-state index is 0.206. The summed E-state index contributed by atoms with van der Waals surface area (Å²) in [4.78, 5) is 0. The summed E-state index contributed by atoms with van der Waals surface area (Å²) in [7, 11) is 1.69. The molecule has 1 aromatic carbocycles. The molecule has 5 atom stereocenters. The summed E-state index contributed by atoms with van der Waals surface area (Å²) in [5.41, 5.74) is 4.22. The molecule has 0 aromatic heterocycles. The standard InChI is InChI=1S/C16H26N2O2/c1-10-11(2)20-12(3)16(10)15(18-17)9-13-6-5-7-14(8-13)19-4/h5-8,10-12,15-16,18H,9,17H2,1-4H3. The van der Waals surface area contributed by atoms with E-state index in [1.165, 1.54) is 5.56 Å². The van der Waals surface area contributed by atoms with Crippen molar-refractivity contribution in [3.63, 3.8) is 0 Å². The van der Waals surface area contributed by atoms with Crippen LogP contribution in [0.15, 0.2) is 24.3 Å². The Morgan fingerprint density at radius 3 is 2.60 bits per heavy atom. The van der Waals surface area contributed by atoms with Gasteiger partial charge in [-0.05, 0) is 43.9 Å². The van der Waals surface area contributed by atoms with E-state index in [-0.39, 0.29) is 18.2 Å². The number of nitrogens with one attached hydrogen (secondary N) is 1. The van der Waals surface area contributed by atoms with Gasteiger partial charge >= 0.3 is 0 Å². The number of benzene rings is 1. The molecular formula is C16H26N2O2. The largest absolute Gasteiger partial charge is 0.497 e. The highest BCUT2D eigenvalue weighted by Gasteiger charge is 2.41. The molecule has 2 rings (SSSR count). The van der Waals surface area contributed by atoms with E-state index >= 15 is 0 Å². The van der Waals surface area contributed by atoms with E-state index in [4.69, 9.17) is 15.3 Å². The highest BCUT2D eigenvalue weighted by molar-refractivity contribution is 5.29. The topological polar surface area (TPSA) is 56.5 Å². The zero-order valence-electron chi connectivity index (χ0n) is 12.8. The number of hydrazine groups is 1. The molecule has 1 aliphatic heterocycles. The second-order valence-electron chi connectivity index (χ2n) is 5.81. The van der Waals surface area contributed by atoms with Gasteiger partial charge in [0.2, 0.25) is 0 Å². The zero-order chi connectivity index (χ0) is 14.7. The van der Waals surface area contributed by atoms with Gasteiger partial charge in [0.05, 0.1) is 19.3 Å². The summed E-state index contributed by atoms with van der Waals surface area (Å²) >= 11 is 0. The summed E-state index contributed by atoms with van der Waals surface area (Å²) in [5.74, 6) is 7.60. The maximum Gasteiger partial charge on any atom is 0.119 e. The lowest BCUT2D eigenvalue weighted by atomic mass is 9.81. The lowest BCUT2D eigenvalue weighted by Gasteiger charge is -2.28. The van der Waals surface area contributed by atoms with Crippen molar-refractivity contribution in [1.82, 2.24) is 5.43 Å². The summed E-state index contributed by atoms with van der Waals surface area (Å²) in [6.45, 7) is 6.52. The Bertz CT molecular complexity index is 438. The predicted octanol–water partition coefficient (Wildman–Crippen LogP) is 2.13. The molecule has 0 bridgehead atoms. The molecule has 0 amide bonds. The molecule has 1 saturated heterocycles. The van der Waals surface area contributed by atoms with E-state index in [0.29, 0.717) is 11.8 Å². The molecule has 4 nitrogen and oxygen atoms in total. The van der Waals surface area contributed by atoms with Gasteiger partial charge in [0.15, 0.2) is 0 Å². The molecule has 1 fully saturated rings. The van der Waals surface area contributed by atoms with E-state index in [9.17, 15) is 0 Å². The Hall–Kier alpha value is -1.10. The van der Waals surface area contributed by atoms with Crippen LogP contribution in [0.4, 0.5) is 0 Å². The highest BCUT2D eigenvalue weighted by atomic mass is 16.5. The molecule has 5 unspecified atom stereocenters. The molecule has 0 saturated carbocycles. The number of hydrogen-bond donors (Lipinski definition) is 2. The van der Waals surface area contributed by atoms with Crippen molar-refractivity contribution < 1.29 is 9.47 Å². The van der Waals surface area contributed by atoms with Gasteiger partial charge in [-0.25, -0.2) is 0 Å². The SMILES string of the molecule is COc1cccc(CC(NN)C2C(C)OC(C)C2C)c1. The van der Waals surface area contributed by atoms with Crippen molar-refractivity contribution in [2.75, 3.05) is 7.11 Å². The number of ether oxygens (including phenoxy) is 2. The maximum atomic E-state index is 5.93.